The molecule has 4 unspecified atom stereocenters. The number of hydrogen-bond acceptors (Lipinski definition) is 11. The summed E-state index contributed by atoms with van der Waals surface area (Å²) in [7, 11) is 1.35. The van der Waals surface area contributed by atoms with Crippen LogP contribution in [0.2, 0.25) is 0 Å². The second kappa shape index (κ2) is 14.5. The van der Waals surface area contributed by atoms with Crippen LogP contribution in [0.15, 0.2) is 23.2 Å². The molecule has 3 aliphatic rings. The molecule has 0 spiro atoms. The number of benzene rings is 2. The van der Waals surface area contributed by atoms with Crippen LogP contribution in [0.3, 0.4) is 0 Å². The van der Waals surface area contributed by atoms with E-state index in [-0.39, 0.29) is 53.3 Å². The van der Waals surface area contributed by atoms with E-state index in [1.54, 1.807) is 6.92 Å². The van der Waals surface area contributed by atoms with Gasteiger partial charge >= 0.3 is 0 Å². The van der Waals surface area contributed by atoms with E-state index in [4.69, 9.17) is 19.2 Å². The van der Waals surface area contributed by atoms with Gasteiger partial charge < -0.3 is 39.5 Å². The van der Waals surface area contributed by atoms with Gasteiger partial charge in [-0.3, -0.25) is 19.4 Å². The van der Waals surface area contributed by atoms with Crippen molar-refractivity contribution in [2.24, 2.45) is 4.99 Å². The highest BCUT2D eigenvalue weighted by molar-refractivity contribution is 6.31. The van der Waals surface area contributed by atoms with E-state index in [0.29, 0.717) is 0 Å². The van der Waals surface area contributed by atoms with Crippen LogP contribution in [0.5, 0.6) is 17.2 Å². The molecular formula is C35H45ClN2O10. The number of aromatic hydroxyl groups is 2. The number of ether oxygens (including phenoxy) is 3. The Morgan fingerprint density at radius 2 is 1.71 bits per heavy atom. The van der Waals surface area contributed by atoms with Gasteiger partial charge in [0.15, 0.2) is 17.9 Å². The van der Waals surface area contributed by atoms with Gasteiger partial charge in [0.1, 0.15) is 29.0 Å². The Morgan fingerprint density at radius 3 is 2.31 bits per heavy atom. The molecule has 262 valence electrons. The zero-order chi connectivity index (χ0) is 34.4. The summed E-state index contributed by atoms with van der Waals surface area (Å²) in [6, 6.07) is 3.87. The minimum absolute atomic E-state index is 0. The number of carbonyl (C=O) groups is 3. The zero-order valence-electron chi connectivity index (χ0n) is 28.1. The van der Waals surface area contributed by atoms with Gasteiger partial charge in [-0.15, -0.1) is 12.4 Å². The van der Waals surface area contributed by atoms with E-state index in [9.17, 15) is 34.8 Å². The Kier molecular flexibility index (Phi) is 11.3. The minimum Gasteiger partial charge on any atom is -0.507 e. The van der Waals surface area contributed by atoms with Crippen molar-refractivity contribution in [3.8, 4) is 17.2 Å². The number of rotatable bonds is 9. The van der Waals surface area contributed by atoms with Crippen LogP contribution in [0.1, 0.15) is 109 Å². The fourth-order valence-electron chi connectivity index (χ4n) is 7.02. The molecule has 0 amide bonds. The van der Waals surface area contributed by atoms with E-state index in [2.05, 4.69) is 18.7 Å². The first-order chi connectivity index (χ1) is 22.3. The molecular weight excluding hydrogens is 644 g/mol. The highest BCUT2D eigenvalue weighted by Crippen LogP contribution is 2.52. The van der Waals surface area contributed by atoms with Crippen molar-refractivity contribution in [3.63, 3.8) is 0 Å². The molecule has 12 nitrogen and oxygen atoms in total. The number of aliphatic hydroxyl groups is 2. The molecule has 0 saturated carbocycles. The largest absolute Gasteiger partial charge is 0.507 e. The van der Waals surface area contributed by atoms with Gasteiger partial charge in [-0.2, -0.15) is 0 Å². The first-order valence-corrected chi connectivity index (χ1v) is 16.2. The summed E-state index contributed by atoms with van der Waals surface area (Å²) in [6.45, 7) is 10.6. The SMILES string of the molecule is CCCN(CCC)C(C)=N[C@@H]1CC(O[C@H]2CC(O)(C(C)=O)Cc3c(O)c4c(c(O)c32)C(=O)c2c(OC)cccc2C4=O)OC(C)C1O.Cl. The summed E-state index contributed by atoms with van der Waals surface area (Å²) < 4.78 is 17.7. The Hall–Kier alpha value is -3.55. The second-order valence-corrected chi connectivity index (χ2v) is 12.7. The standard InChI is InChI=1S/C35H44N2O10.ClH/c1-7-12-37(13-8-2)19(5)36-22-14-25(46-17(3)30(22)39)47-24-16-35(44,18(4)38)15-21-27(24)34(43)29-28(32(21)41)31(40)20-10-9-11-23(45-6)26(20)33(29)42;/h9-11,17,22,24-25,30,39,41,43-44H,7-8,12-16H2,1-6H3;1H/t17?,22-,24+,25?,30?,35?;/m1./s1. The number of carbonyl (C=O) groups excluding carboxylic acids is 3. The molecule has 13 heteroatoms. The van der Waals surface area contributed by atoms with Gasteiger partial charge in [-0.1, -0.05) is 26.0 Å². The smallest absolute Gasteiger partial charge is 0.202 e. The first-order valence-electron chi connectivity index (χ1n) is 16.2. The van der Waals surface area contributed by atoms with E-state index in [0.717, 1.165) is 31.8 Å². The number of aliphatic hydroxyl groups excluding tert-OH is 1. The molecule has 6 atom stereocenters. The lowest BCUT2D eigenvalue weighted by atomic mass is 9.72. The number of fused-ring (bicyclic) bond motifs is 3. The summed E-state index contributed by atoms with van der Waals surface area (Å²) in [6.07, 6.45) is -2.68. The van der Waals surface area contributed by atoms with E-state index >= 15 is 0 Å². The summed E-state index contributed by atoms with van der Waals surface area (Å²) >= 11 is 0. The van der Waals surface area contributed by atoms with Crippen LogP contribution >= 0.6 is 12.4 Å². The molecule has 2 aromatic rings. The monoisotopic (exact) mass is 688 g/mol. The average molecular weight is 689 g/mol. The summed E-state index contributed by atoms with van der Waals surface area (Å²) in [5.41, 5.74) is -3.02. The molecule has 48 heavy (non-hydrogen) atoms. The highest BCUT2D eigenvalue weighted by Gasteiger charge is 2.49. The lowest BCUT2D eigenvalue weighted by Crippen LogP contribution is -2.49. The fourth-order valence-corrected chi connectivity index (χ4v) is 7.02. The molecule has 4 N–H and O–H groups in total. The predicted molar refractivity (Wildman–Crippen MR) is 179 cm³/mol. The van der Waals surface area contributed by atoms with Crippen LogP contribution in [0, 0.1) is 0 Å². The second-order valence-electron chi connectivity index (χ2n) is 12.7. The van der Waals surface area contributed by atoms with Crippen molar-refractivity contribution in [1.82, 2.24) is 4.90 Å². The van der Waals surface area contributed by atoms with E-state index in [1.807, 2.05) is 6.92 Å². The maximum absolute atomic E-state index is 13.9. The number of phenolic OH excluding ortho intramolecular Hbond substituents is 2. The van der Waals surface area contributed by atoms with E-state index in [1.165, 1.54) is 32.2 Å². The van der Waals surface area contributed by atoms with E-state index < -0.39 is 82.6 Å². The Morgan fingerprint density at radius 1 is 1.06 bits per heavy atom. The van der Waals surface area contributed by atoms with Gasteiger partial charge in [-0.25, -0.2) is 0 Å². The number of nitrogens with zero attached hydrogens (tertiary/aromatic N) is 2. The number of amidine groups is 1. The van der Waals surface area contributed by atoms with Crippen molar-refractivity contribution in [1.29, 1.82) is 0 Å². The number of Topliss-reactive ketones (excluding diaryl/α,β-unsaturated/α-hetero) is 1. The molecule has 1 aliphatic heterocycles. The van der Waals surface area contributed by atoms with Crippen molar-refractivity contribution in [3.05, 3.63) is 51.6 Å². The first kappa shape index (κ1) is 37.3. The van der Waals surface area contributed by atoms with Gasteiger partial charge in [-0.05, 0) is 39.7 Å². The van der Waals surface area contributed by atoms with Crippen molar-refractivity contribution >= 4 is 35.6 Å². The fraction of sp³-hybridized carbons (Fsp3) is 0.543. The maximum Gasteiger partial charge on any atom is 0.202 e. The zero-order valence-corrected chi connectivity index (χ0v) is 28.9. The van der Waals surface area contributed by atoms with Crippen LogP contribution in [0.25, 0.3) is 0 Å². The van der Waals surface area contributed by atoms with Crippen molar-refractivity contribution in [2.75, 3.05) is 20.2 Å². The van der Waals surface area contributed by atoms with Gasteiger partial charge in [0, 0.05) is 49.0 Å². The number of hydrogen-bond donors (Lipinski definition) is 4. The molecule has 0 aromatic heterocycles. The molecule has 1 saturated heterocycles. The molecule has 1 heterocycles. The Balaban J connectivity index is 0.00000520. The molecule has 5 rings (SSSR count). The maximum atomic E-state index is 13.9. The third-order valence-corrected chi connectivity index (χ3v) is 9.52. The number of halogens is 1. The lowest BCUT2D eigenvalue weighted by Gasteiger charge is -2.42. The van der Waals surface area contributed by atoms with Crippen molar-refractivity contribution in [2.45, 2.75) is 103 Å². The van der Waals surface area contributed by atoms with Crippen LogP contribution in [0.4, 0.5) is 0 Å². The lowest BCUT2D eigenvalue weighted by molar-refractivity contribution is -0.247. The third-order valence-electron chi connectivity index (χ3n) is 9.52. The summed E-state index contributed by atoms with van der Waals surface area (Å²) in [5, 5.41) is 45.8. The predicted octanol–water partition coefficient (Wildman–Crippen LogP) is 4.03. The van der Waals surface area contributed by atoms with Crippen LogP contribution in [-0.2, 0) is 20.7 Å². The summed E-state index contributed by atoms with van der Waals surface area (Å²) in [5.74, 6) is -2.37. The molecule has 1 fully saturated rings. The van der Waals surface area contributed by atoms with Crippen LogP contribution in [-0.4, -0.2) is 98.9 Å². The average Bonchev–Trinajstić information content (AvgIpc) is 3.03. The van der Waals surface area contributed by atoms with Gasteiger partial charge in [0.25, 0.3) is 0 Å². The third kappa shape index (κ3) is 6.44. The van der Waals surface area contributed by atoms with Gasteiger partial charge in [0.05, 0.1) is 47.9 Å². The number of aliphatic imine (C=N–C) groups is 1. The Labute approximate surface area is 286 Å². The number of ketones is 3. The molecule has 2 aromatic carbocycles. The quantitative estimate of drug-likeness (QED) is 0.145. The van der Waals surface area contributed by atoms with Crippen LogP contribution < -0.4 is 4.74 Å². The molecule has 0 radical (unpaired) electrons. The molecule has 0 bridgehead atoms. The number of methoxy groups -OCH3 is 1. The highest BCUT2D eigenvalue weighted by atomic mass is 35.5. The normalized spacial score (nSPS) is 26.6. The Bertz CT molecular complexity index is 1620. The summed E-state index contributed by atoms with van der Waals surface area (Å²) in [4.78, 5) is 47.3. The number of phenols is 2. The minimum atomic E-state index is -2.02. The molecule has 2 aliphatic carbocycles. The topological polar surface area (TPSA) is 175 Å². The van der Waals surface area contributed by atoms with Gasteiger partial charge in [0.2, 0.25) is 5.78 Å². The van der Waals surface area contributed by atoms with Crippen molar-refractivity contribution < 1.29 is 49.0 Å².